The molecule has 3 heterocycles. The van der Waals surface area contributed by atoms with E-state index in [1.807, 2.05) is 0 Å². The first kappa shape index (κ1) is 11.4. The van der Waals surface area contributed by atoms with Gasteiger partial charge < -0.3 is 21.1 Å². The Balaban J connectivity index is 1.61. The molecule has 2 aromatic rings. The number of aromatic nitrogens is 4. The Morgan fingerprint density at radius 3 is 2.56 bits per heavy atom. The summed E-state index contributed by atoms with van der Waals surface area (Å²) in [4.78, 5) is 2.10. The maximum Gasteiger partial charge on any atom is 0.296 e. The standard InChI is InChI=1S/C8H11N7OS2/c9-5-11-13-7(17-5)15-2-1-4(3-15)16-8-14-12-6(10)18-8/h4H,1-3H2,(H2,9,11)(H2,10,12)/t4-/m0/s1. The number of rotatable bonds is 3. The highest BCUT2D eigenvalue weighted by Gasteiger charge is 2.27. The second kappa shape index (κ2) is 4.53. The van der Waals surface area contributed by atoms with Crippen molar-refractivity contribution >= 4 is 38.1 Å². The maximum atomic E-state index is 5.70. The van der Waals surface area contributed by atoms with E-state index in [1.165, 1.54) is 22.7 Å². The van der Waals surface area contributed by atoms with Crippen LogP contribution in [0.15, 0.2) is 0 Å². The lowest BCUT2D eigenvalue weighted by molar-refractivity contribution is 0.222. The molecule has 1 aliphatic heterocycles. The van der Waals surface area contributed by atoms with E-state index in [0.717, 1.165) is 24.6 Å². The van der Waals surface area contributed by atoms with Gasteiger partial charge in [0.25, 0.3) is 5.19 Å². The van der Waals surface area contributed by atoms with Gasteiger partial charge in [0.05, 0.1) is 6.54 Å². The normalized spacial score (nSPS) is 19.3. The van der Waals surface area contributed by atoms with Crippen LogP contribution in [0.2, 0.25) is 0 Å². The van der Waals surface area contributed by atoms with Crippen molar-refractivity contribution in [2.75, 3.05) is 29.5 Å². The highest BCUT2D eigenvalue weighted by atomic mass is 32.1. The molecule has 0 saturated carbocycles. The molecule has 0 aliphatic carbocycles. The minimum atomic E-state index is 0.0717. The average molecular weight is 285 g/mol. The van der Waals surface area contributed by atoms with E-state index in [0.29, 0.717) is 15.5 Å². The highest BCUT2D eigenvalue weighted by molar-refractivity contribution is 7.18. The molecule has 0 bridgehead atoms. The fourth-order valence-electron chi connectivity index (χ4n) is 1.76. The van der Waals surface area contributed by atoms with Crippen LogP contribution >= 0.6 is 22.7 Å². The Morgan fingerprint density at radius 1 is 1.11 bits per heavy atom. The number of hydrogen-bond acceptors (Lipinski definition) is 10. The molecule has 0 amide bonds. The fraction of sp³-hybridized carbons (Fsp3) is 0.500. The van der Waals surface area contributed by atoms with Crippen molar-refractivity contribution in [2.45, 2.75) is 12.5 Å². The largest absolute Gasteiger partial charge is 0.464 e. The Hall–Kier alpha value is -1.68. The van der Waals surface area contributed by atoms with Crippen LogP contribution in [0.3, 0.4) is 0 Å². The Morgan fingerprint density at radius 2 is 1.89 bits per heavy atom. The molecule has 1 aliphatic rings. The van der Waals surface area contributed by atoms with Gasteiger partial charge in [-0.05, 0) is 11.3 Å². The number of hydrogen-bond donors (Lipinski definition) is 2. The predicted molar refractivity (Wildman–Crippen MR) is 69.9 cm³/mol. The first-order valence-corrected chi connectivity index (χ1v) is 6.93. The van der Waals surface area contributed by atoms with E-state index in [4.69, 9.17) is 16.2 Å². The van der Waals surface area contributed by atoms with Gasteiger partial charge in [-0.3, -0.25) is 0 Å². The van der Waals surface area contributed by atoms with Crippen molar-refractivity contribution in [3.05, 3.63) is 0 Å². The zero-order valence-corrected chi connectivity index (χ0v) is 10.9. The molecule has 18 heavy (non-hydrogen) atoms. The molecule has 96 valence electrons. The molecule has 1 atom stereocenters. The molecule has 2 aromatic heterocycles. The molecule has 0 aromatic carbocycles. The third-order valence-electron chi connectivity index (χ3n) is 2.54. The molecule has 3 rings (SSSR count). The minimum absolute atomic E-state index is 0.0717. The average Bonchev–Trinajstić information content (AvgIpc) is 3.01. The van der Waals surface area contributed by atoms with Gasteiger partial charge in [0.2, 0.25) is 15.4 Å². The van der Waals surface area contributed by atoms with Crippen LogP contribution in [0.1, 0.15) is 6.42 Å². The Labute approximate surface area is 111 Å². The second-order valence-electron chi connectivity index (χ2n) is 3.80. The van der Waals surface area contributed by atoms with Gasteiger partial charge in [0.15, 0.2) is 0 Å². The van der Waals surface area contributed by atoms with Gasteiger partial charge in [-0.25, -0.2) is 0 Å². The second-order valence-corrected chi connectivity index (χ2v) is 5.76. The van der Waals surface area contributed by atoms with Crippen LogP contribution in [0.5, 0.6) is 5.19 Å². The summed E-state index contributed by atoms with van der Waals surface area (Å²) in [5.41, 5.74) is 11.1. The summed E-state index contributed by atoms with van der Waals surface area (Å²) >= 11 is 2.62. The van der Waals surface area contributed by atoms with Crippen LogP contribution in [0, 0.1) is 0 Å². The number of ether oxygens (including phenoxy) is 1. The van der Waals surface area contributed by atoms with Crippen LogP contribution < -0.4 is 21.1 Å². The van der Waals surface area contributed by atoms with Crippen LogP contribution in [-0.2, 0) is 0 Å². The van der Waals surface area contributed by atoms with Crippen molar-refractivity contribution in [1.29, 1.82) is 0 Å². The number of anilines is 3. The van der Waals surface area contributed by atoms with Gasteiger partial charge in [-0.2, -0.15) is 0 Å². The molecule has 4 N–H and O–H groups in total. The summed E-state index contributed by atoms with van der Waals surface area (Å²) in [6, 6.07) is 0. The van der Waals surface area contributed by atoms with Crippen molar-refractivity contribution in [3.8, 4) is 5.19 Å². The van der Waals surface area contributed by atoms with E-state index in [9.17, 15) is 0 Å². The molecule has 0 radical (unpaired) electrons. The summed E-state index contributed by atoms with van der Waals surface area (Å²) in [6.45, 7) is 1.61. The summed E-state index contributed by atoms with van der Waals surface area (Å²) in [5, 5.41) is 17.6. The van der Waals surface area contributed by atoms with Crippen molar-refractivity contribution < 1.29 is 4.74 Å². The van der Waals surface area contributed by atoms with Crippen LogP contribution in [-0.4, -0.2) is 39.6 Å². The fourth-order valence-corrected chi connectivity index (χ4v) is 2.93. The van der Waals surface area contributed by atoms with Crippen molar-refractivity contribution in [2.24, 2.45) is 0 Å². The van der Waals surface area contributed by atoms with E-state index in [2.05, 4.69) is 25.3 Å². The lowest BCUT2D eigenvalue weighted by Gasteiger charge is -2.13. The van der Waals surface area contributed by atoms with Crippen LogP contribution in [0.4, 0.5) is 15.4 Å². The van der Waals surface area contributed by atoms with Crippen LogP contribution in [0.25, 0.3) is 0 Å². The summed E-state index contributed by atoms with van der Waals surface area (Å²) in [5.74, 6) is 0. The third-order valence-corrected chi connectivity index (χ3v) is 3.99. The molecular weight excluding hydrogens is 274 g/mol. The maximum absolute atomic E-state index is 5.70. The molecule has 1 saturated heterocycles. The molecule has 0 unspecified atom stereocenters. The predicted octanol–water partition coefficient (Wildman–Crippen LogP) is 0.212. The van der Waals surface area contributed by atoms with Crippen molar-refractivity contribution in [3.63, 3.8) is 0 Å². The zero-order valence-electron chi connectivity index (χ0n) is 9.31. The first-order valence-electron chi connectivity index (χ1n) is 5.30. The number of nitrogens with two attached hydrogens (primary N) is 2. The SMILES string of the molecule is Nc1nnc(O[C@H]2CCN(c3nnc(N)s3)C2)s1. The molecular formula is C8H11N7OS2. The smallest absolute Gasteiger partial charge is 0.296 e. The van der Waals surface area contributed by atoms with Gasteiger partial charge >= 0.3 is 0 Å². The lowest BCUT2D eigenvalue weighted by Crippen LogP contribution is -2.24. The highest BCUT2D eigenvalue weighted by Crippen LogP contribution is 2.28. The van der Waals surface area contributed by atoms with E-state index >= 15 is 0 Å². The molecule has 1 fully saturated rings. The molecule has 10 heteroatoms. The van der Waals surface area contributed by atoms with Gasteiger partial charge in [-0.1, -0.05) is 16.4 Å². The summed E-state index contributed by atoms with van der Waals surface area (Å²) in [7, 11) is 0. The lowest BCUT2D eigenvalue weighted by atomic mass is 10.3. The van der Waals surface area contributed by atoms with E-state index in [1.54, 1.807) is 0 Å². The zero-order chi connectivity index (χ0) is 12.5. The summed E-state index contributed by atoms with van der Waals surface area (Å²) in [6.07, 6.45) is 0.973. The molecule has 8 nitrogen and oxygen atoms in total. The Bertz CT molecular complexity index is 541. The van der Waals surface area contributed by atoms with Gasteiger partial charge in [-0.15, -0.1) is 15.3 Å². The van der Waals surface area contributed by atoms with Gasteiger partial charge in [0, 0.05) is 13.0 Å². The van der Waals surface area contributed by atoms with E-state index in [-0.39, 0.29) is 6.10 Å². The third kappa shape index (κ3) is 2.29. The van der Waals surface area contributed by atoms with E-state index < -0.39 is 0 Å². The minimum Gasteiger partial charge on any atom is -0.464 e. The van der Waals surface area contributed by atoms with Gasteiger partial charge in [0.1, 0.15) is 6.10 Å². The van der Waals surface area contributed by atoms with Crippen molar-refractivity contribution in [1.82, 2.24) is 20.4 Å². The first-order chi connectivity index (χ1) is 8.70. The monoisotopic (exact) mass is 285 g/mol. The quantitative estimate of drug-likeness (QED) is 0.822. The number of nitrogen functional groups attached to an aromatic ring is 2. The number of nitrogens with zero attached hydrogens (tertiary/aromatic N) is 5. The topological polar surface area (TPSA) is 116 Å². The summed E-state index contributed by atoms with van der Waals surface area (Å²) < 4.78 is 5.70. The molecule has 0 spiro atoms. The Kier molecular flexibility index (Phi) is 2.88.